The number of carboxylic acids is 1. The van der Waals surface area contributed by atoms with Crippen LogP contribution in [0.4, 0.5) is 0 Å². The molecule has 1 aromatic carbocycles. The predicted molar refractivity (Wildman–Crippen MR) is 85.9 cm³/mol. The highest BCUT2D eigenvalue weighted by Gasteiger charge is 2.24. The molecular weight excluding hydrogens is 322 g/mol. The van der Waals surface area contributed by atoms with Gasteiger partial charge in [-0.1, -0.05) is 24.3 Å². The van der Waals surface area contributed by atoms with Gasteiger partial charge in [0.15, 0.2) is 0 Å². The van der Waals surface area contributed by atoms with Gasteiger partial charge in [-0.3, -0.25) is 0 Å². The molecule has 1 unspecified atom stereocenters. The lowest BCUT2D eigenvalue weighted by molar-refractivity contribution is 0.0701. The standard InChI is InChI=1S/C15H17NO4S2/c1-9-6-4-5-7-12(9)11(3)16-22(19,20)13-8-10(2)14(21-13)15(17)18/h4-8,11,16H,1-3H3,(H,17,18). The summed E-state index contributed by atoms with van der Waals surface area (Å²) in [5.74, 6) is -1.11. The van der Waals surface area contributed by atoms with E-state index in [1.54, 1.807) is 13.8 Å². The topological polar surface area (TPSA) is 83.5 Å². The SMILES string of the molecule is Cc1ccccc1C(C)NS(=O)(=O)c1cc(C)c(C(=O)O)s1. The van der Waals surface area contributed by atoms with Crippen LogP contribution in [0.5, 0.6) is 0 Å². The van der Waals surface area contributed by atoms with Crippen molar-refractivity contribution in [3.05, 3.63) is 51.9 Å². The quantitative estimate of drug-likeness (QED) is 0.877. The number of benzene rings is 1. The van der Waals surface area contributed by atoms with Crippen molar-refractivity contribution in [2.45, 2.75) is 31.0 Å². The summed E-state index contributed by atoms with van der Waals surface area (Å²) in [6, 6.07) is 8.51. The number of rotatable bonds is 5. The second kappa shape index (κ2) is 6.20. The van der Waals surface area contributed by atoms with E-state index < -0.39 is 22.0 Å². The molecule has 0 radical (unpaired) electrons. The lowest BCUT2D eigenvalue weighted by atomic mass is 10.0. The minimum atomic E-state index is -3.75. The van der Waals surface area contributed by atoms with E-state index in [2.05, 4.69) is 4.72 Å². The summed E-state index contributed by atoms with van der Waals surface area (Å²) in [6.07, 6.45) is 0. The highest BCUT2D eigenvalue weighted by molar-refractivity contribution is 7.91. The summed E-state index contributed by atoms with van der Waals surface area (Å²) in [7, 11) is -3.75. The van der Waals surface area contributed by atoms with Crippen LogP contribution in [0.2, 0.25) is 0 Å². The van der Waals surface area contributed by atoms with E-state index in [0.717, 1.165) is 22.5 Å². The van der Waals surface area contributed by atoms with Gasteiger partial charge >= 0.3 is 5.97 Å². The molecule has 0 saturated heterocycles. The molecule has 2 aromatic rings. The molecule has 118 valence electrons. The number of sulfonamides is 1. The summed E-state index contributed by atoms with van der Waals surface area (Å²) in [5.41, 5.74) is 2.32. The van der Waals surface area contributed by atoms with Gasteiger partial charge in [0.25, 0.3) is 10.0 Å². The molecule has 0 amide bonds. The van der Waals surface area contributed by atoms with Crippen molar-refractivity contribution in [3.8, 4) is 0 Å². The first kappa shape index (κ1) is 16.7. The number of thiophene rings is 1. The van der Waals surface area contributed by atoms with Gasteiger partial charge in [0.05, 0.1) is 0 Å². The number of hydrogen-bond donors (Lipinski definition) is 2. The molecule has 5 nitrogen and oxygen atoms in total. The maximum absolute atomic E-state index is 12.4. The van der Waals surface area contributed by atoms with Crippen molar-refractivity contribution in [2.24, 2.45) is 0 Å². The zero-order valence-corrected chi connectivity index (χ0v) is 14.1. The second-order valence-electron chi connectivity index (χ2n) is 5.08. The van der Waals surface area contributed by atoms with Crippen LogP contribution >= 0.6 is 11.3 Å². The molecule has 1 aromatic heterocycles. The molecular formula is C15H17NO4S2. The van der Waals surface area contributed by atoms with Crippen LogP contribution in [0, 0.1) is 13.8 Å². The van der Waals surface area contributed by atoms with Crippen molar-refractivity contribution in [1.82, 2.24) is 4.72 Å². The number of hydrogen-bond acceptors (Lipinski definition) is 4. The highest BCUT2D eigenvalue weighted by atomic mass is 32.2. The van der Waals surface area contributed by atoms with Crippen LogP contribution in [0.15, 0.2) is 34.5 Å². The van der Waals surface area contributed by atoms with Crippen molar-refractivity contribution in [2.75, 3.05) is 0 Å². The van der Waals surface area contributed by atoms with Crippen molar-refractivity contribution in [1.29, 1.82) is 0 Å². The normalized spacial score (nSPS) is 13.0. The van der Waals surface area contributed by atoms with Crippen LogP contribution in [0.1, 0.15) is 39.3 Å². The average molecular weight is 339 g/mol. The Morgan fingerprint density at radius 2 is 1.86 bits per heavy atom. The number of aromatic carboxylic acids is 1. The molecule has 0 bridgehead atoms. The average Bonchev–Trinajstić information content (AvgIpc) is 2.81. The first-order chi connectivity index (χ1) is 10.2. The van der Waals surface area contributed by atoms with Crippen LogP contribution in [0.3, 0.4) is 0 Å². The smallest absolute Gasteiger partial charge is 0.346 e. The van der Waals surface area contributed by atoms with E-state index in [9.17, 15) is 13.2 Å². The maximum Gasteiger partial charge on any atom is 0.346 e. The molecule has 1 heterocycles. The Labute approximate surface area is 133 Å². The Morgan fingerprint density at radius 3 is 2.41 bits per heavy atom. The van der Waals surface area contributed by atoms with E-state index in [1.165, 1.54) is 6.07 Å². The Hall–Kier alpha value is -1.70. The van der Waals surface area contributed by atoms with Gasteiger partial charge in [0.2, 0.25) is 0 Å². The lowest BCUT2D eigenvalue weighted by Gasteiger charge is -2.16. The molecule has 2 N–H and O–H groups in total. The third-order valence-electron chi connectivity index (χ3n) is 3.34. The molecule has 7 heteroatoms. The lowest BCUT2D eigenvalue weighted by Crippen LogP contribution is -2.26. The zero-order valence-electron chi connectivity index (χ0n) is 12.5. The molecule has 0 aliphatic heterocycles. The van der Waals surface area contributed by atoms with Crippen molar-refractivity contribution >= 4 is 27.3 Å². The van der Waals surface area contributed by atoms with Gasteiger partial charge in [0.1, 0.15) is 9.09 Å². The molecule has 1 atom stereocenters. The minimum Gasteiger partial charge on any atom is -0.477 e. The molecule has 0 aliphatic rings. The van der Waals surface area contributed by atoms with Gasteiger partial charge in [0, 0.05) is 6.04 Å². The first-order valence-corrected chi connectivity index (χ1v) is 8.94. The Kier molecular flexibility index (Phi) is 4.69. The summed E-state index contributed by atoms with van der Waals surface area (Å²) in [4.78, 5) is 11.1. The second-order valence-corrected chi connectivity index (χ2v) is 8.08. The van der Waals surface area contributed by atoms with E-state index in [1.807, 2.05) is 31.2 Å². The third-order valence-corrected chi connectivity index (χ3v) is 6.58. The number of carbonyl (C=O) groups is 1. The van der Waals surface area contributed by atoms with Gasteiger partial charge in [-0.15, -0.1) is 11.3 Å². The summed E-state index contributed by atoms with van der Waals surface area (Å²) < 4.78 is 27.5. The fraction of sp³-hybridized carbons (Fsp3) is 0.267. The Balaban J connectivity index is 2.30. The van der Waals surface area contributed by atoms with E-state index in [0.29, 0.717) is 5.56 Å². The van der Waals surface area contributed by atoms with Gasteiger partial charge in [-0.05, 0) is 43.5 Å². The van der Waals surface area contributed by atoms with Gasteiger partial charge in [-0.25, -0.2) is 17.9 Å². The summed E-state index contributed by atoms with van der Waals surface area (Å²) >= 11 is 0.766. The molecule has 0 saturated carbocycles. The Morgan fingerprint density at radius 1 is 1.23 bits per heavy atom. The minimum absolute atomic E-state index is 0.0165. The molecule has 0 spiro atoms. The number of carboxylic acid groups (broad SMARTS) is 1. The predicted octanol–water partition coefficient (Wildman–Crippen LogP) is 3.10. The van der Waals surface area contributed by atoms with E-state index in [-0.39, 0.29) is 9.09 Å². The fourth-order valence-electron chi connectivity index (χ4n) is 2.22. The fourth-order valence-corrected chi connectivity index (χ4v) is 4.84. The van der Waals surface area contributed by atoms with Crippen LogP contribution in [-0.4, -0.2) is 19.5 Å². The third kappa shape index (κ3) is 3.37. The van der Waals surface area contributed by atoms with Crippen LogP contribution in [0.25, 0.3) is 0 Å². The summed E-state index contributed by atoms with van der Waals surface area (Å²) in [5, 5.41) is 9.04. The van der Waals surface area contributed by atoms with Crippen molar-refractivity contribution < 1.29 is 18.3 Å². The maximum atomic E-state index is 12.4. The summed E-state index contributed by atoms with van der Waals surface area (Å²) in [6.45, 7) is 5.26. The molecule has 2 rings (SSSR count). The Bertz CT molecular complexity index is 809. The van der Waals surface area contributed by atoms with Gasteiger partial charge < -0.3 is 5.11 Å². The van der Waals surface area contributed by atoms with Crippen molar-refractivity contribution in [3.63, 3.8) is 0 Å². The first-order valence-electron chi connectivity index (χ1n) is 6.64. The van der Waals surface area contributed by atoms with E-state index in [4.69, 9.17) is 5.11 Å². The zero-order chi connectivity index (χ0) is 16.5. The van der Waals surface area contributed by atoms with E-state index >= 15 is 0 Å². The monoisotopic (exact) mass is 339 g/mol. The highest BCUT2D eigenvalue weighted by Crippen LogP contribution is 2.27. The molecule has 0 aliphatic carbocycles. The number of nitrogens with one attached hydrogen (secondary N) is 1. The van der Waals surface area contributed by atoms with Crippen LogP contribution < -0.4 is 4.72 Å². The van der Waals surface area contributed by atoms with Gasteiger partial charge in [-0.2, -0.15) is 0 Å². The molecule has 22 heavy (non-hydrogen) atoms. The van der Waals surface area contributed by atoms with Crippen LogP contribution in [-0.2, 0) is 10.0 Å². The number of aryl methyl sites for hydroxylation is 2. The largest absolute Gasteiger partial charge is 0.477 e. The molecule has 0 fully saturated rings.